The summed E-state index contributed by atoms with van der Waals surface area (Å²) in [6, 6.07) is 20.4. The van der Waals surface area contributed by atoms with Crippen LogP contribution in [0.4, 0.5) is 0 Å². The lowest BCUT2D eigenvalue weighted by Crippen LogP contribution is -1.88. The van der Waals surface area contributed by atoms with Gasteiger partial charge in [0.1, 0.15) is 0 Å². The van der Waals surface area contributed by atoms with Crippen LogP contribution in [0.15, 0.2) is 71.4 Å². The maximum atomic E-state index is 5.37. The standard InChI is InChI=1S/C16H13NO/c1-3-7-13(8-4-1)11-15-12-17-18-16(15)14-9-5-2-6-10-14/h1-10,12H,11H2. The molecule has 18 heavy (non-hydrogen) atoms. The lowest BCUT2D eigenvalue weighted by Gasteiger charge is -2.01. The Morgan fingerprint density at radius 3 is 2.22 bits per heavy atom. The Bertz CT molecular complexity index is 614. The second-order valence-corrected chi connectivity index (χ2v) is 4.21. The fourth-order valence-corrected chi connectivity index (χ4v) is 2.03. The van der Waals surface area contributed by atoms with Crippen LogP contribution in [0.25, 0.3) is 11.3 Å². The summed E-state index contributed by atoms with van der Waals surface area (Å²) in [5.74, 6) is 0.861. The molecule has 0 aliphatic carbocycles. The van der Waals surface area contributed by atoms with Crippen molar-refractivity contribution in [2.45, 2.75) is 6.42 Å². The molecule has 0 unspecified atom stereocenters. The number of hydrogen-bond acceptors (Lipinski definition) is 2. The fraction of sp³-hybridized carbons (Fsp3) is 0.0625. The van der Waals surface area contributed by atoms with Gasteiger partial charge >= 0.3 is 0 Å². The zero-order valence-electron chi connectivity index (χ0n) is 9.91. The van der Waals surface area contributed by atoms with Crippen LogP contribution in [0.1, 0.15) is 11.1 Å². The number of hydrogen-bond donors (Lipinski definition) is 0. The van der Waals surface area contributed by atoms with Crippen molar-refractivity contribution in [3.8, 4) is 11.3 Å². The minimum absolute atomic E-state index is 0.842. The van der Waals surface area contributed by atoms with Crippen molar-refractivity contribution < 1.29 is 4.52 Å². The Morgan fingerprint density at radius 2 is 1.50 bits per heavy atom. The van der Waals surface area contributed by atoms with E-state index in [4.69, 9.17) is 4.52 Å². The minimum Gasteiger partial charge on any atom is -0.356 e. The molecule has 0 N–H and O–H groups in total. The summed E-state index contributed by atoms with van der Waals surface area (Å²) in [7, 11) is 0. The first kappa shape index (κ1) is 10.8. The lowest BCUT2D eigenvalue weighted by atomic mass is 10.0. The third-order valence-electron chi connectivity index (χ3n) is 2.92. The molecule has 0 atom stereocenters. The van der Waals surface area contributed by atoms with E-state index in [1.807, 2.05) is 48.5 Å². The van der Waals surface area contributed by atoms with Crippen molar-refractivity contribution >= 4 is 0 Å². The lowest BCUT2D eigenvalue weighted by molar-refractivity contribution is 0.431. The van der Waals surface area contributed by atoms with Crippen LogP contribution in [-0.4, -0.2) is 5.16 Å². The average Bonchev–Trinajstić information content (AvgIpc) is 2.89. The van der Waals surface area contributed by atoms with Gasteiger partial charge in [-0.1, -0.05) is 65.8 Å². The predicted octanol–water partition coefficient (Wildman–Crippen LogP) is 3.93. The highest BCUT2D eigenvalue weighted by atomic mass is 16.5. The highest BCUT2D eigenvalue weighted by molar-refractivity contribution is 5.61. The third-order valence-corrected chi connectivity index (χ3v) is 2.92. The molecule has 0 saturated heterocycles. The van der Waals surface area contributed by atoms with Crippen LogP contribution in [0, 0.1) is 0 Å². The van der Waals surface area contributed by atoms with Crippen LogP contribution < -0.4 is 0 Å². The van der Waals surface area contributed by atoms with E-state index in [2.05, 4.69) is 17.3 Å². The van der Waals surface area contributed by atoms with Gasteiger partial charge in [0.25, 0.3) is 0 Å². The van der Waals surface area contributed by atoms with Gasteiger partial charge in [-0.15, -0.1) is 0 Å². The van der Waals surface area contributed by atoms with Gasteiger partial charge in [-0.2, -0.15) is 0 Å². The molecule has 0 amide bonds. The van der Waals surface area contributed by atoms with E-state index in [9.17, 15) is 0 Å². The molecule has 2 heteroatoms. The van der Waals surface area contributed by atoms with E-state index >= 15 is 0 Å². The van der Waals surface area contributed by atoms with Crippen LogP contribution in [0.5, 0.6) is 0 Å². The maximum Gasteiger partial charge on any atom is 0.170 e. The fourth-order valence-electron chi connectivity index (χ4n) is 2.03. The van der Waals surface area contributed by atoms with Gasteiger partial charge in [-0.05, 0) is 5.56 Å². The van der Waals surface area contributed by atoms with Crippen molar-refractivity contribution in [2.75, 3.05) is 0 Å². The molecular weight excluding hydrogens is 222 g/mol. The Balaban J connectivity index is 1.93. The molecule has 0 fully saturated rings. The van der Waals surface area contributed by atoms with Crippen LogP contribution in [-0.2, 0) is 6.42 Å². The SMILES string of the molecule is c1ccc(Cc2cnoc2-c2ccccc2)cc1. The molecule has 0 bridgehead atoms. The first-order valence-corrected chi connectivity index (χ1v) is 5.96. The molecule has 0 radical (unpaired) electrons. The van der Waals surface area contributed by atoms with Crippen LogP contribution >= 0.6 is 0 Å². The molecule has 0 spiro atoms. The highest BCUT2D eigenvalue weighted by Gasteiger charge is 2.10. The Morgan fingerprint density at radius 1 is 0.833 bits per heavy atom. The molecule has 0 saturated carbocycles. The van der Waals surface area contributed by atoms with E-state index < -0.39 is 0 Å². The van der Waals surface area contributed by atoms with Gasteiger partial charge < -0.3 is 4.52 Å². The van der Waals surface area contributed by atoms with Gasteiger partial charge in [0.05, 0.1) is 6.20 Å². The van der Waals surface area contributed by atoms with E-state index in [0.717, 1.165) is 23.3 Å². The van der Waals surface area contributed by atoms with Gasteiger partial charge in [-0.25, -0.2) is 0 Å². The second-order valence-electron chi connectivity index (χ2n) is 4.21. The van der Waals surface area contributed by atoms with E-state index in [1.54, 1.807) is 6.20 Å². The maximum absolute atomic E-state index is 5.37. The monoisotopic (exact) mass is 235 g/mol. The van der Waals surface area contributed by atoms with Crippen molar-refractivity contribution in [3.63, 3.8) is 0 Å². The summed E-state index contributed by atoms with van der Waals surface area (Å²) in [5, 5.41) is 3.92. The van der Waals surface area contributed by atoms with Gasteiger partial charge in [0, 0.05) is 17.5 Å². The summed E-state index contributed by atoms with van der Waals surface area (Å²) < 4.78 is 5.37. The summed E-state index contributed by atoms with van der Waals surface area (Å²) >= 11 is 0. The molecule has 0 aliphatic rings. The molecule has 2 aromatic carbocycles. The molecular formula is C16H13NO. The largest absolute Gasteiger partial charge is 0.356 e. The summed E-state index contributed by atoms with van der Waals surface area (Å²) in [5.41, 5.74) is 3.45. The van der Waals surface area contributed by atoms with E-state index in [0.29, 0.717) is 0 Å². The van der Waals surface area contributed by atoms with Crippen LogP contribution in [0.3, 0.4) is 0 Å². The van der Waals surface area contributed by atoms with Crippen molar-refractivity contribution in [1.29, 1.82) is 0 Å². The Kier molecular flexibility index (Phi) is 2.92. The molecule has 0 aliphatic heterocycles. The molecule has 3 aromatic rings. The number of benzene rings is 2. The predicted molar refractivity (Wildman–Crippen MR) is 71.2 cm³/mol. The van der Waals surface area contributed by atoms with Crippen molar-refractivity contribution in [3.05, 3.63) is 78.0 Å². The zero-order chi connectivity index (χ0) is 12.2. The Labute approximate surface area is 106 Å². The topological polar surface area (TPSA) is 26.0 Å². The van der Waals surface area contributed by atoms with Gasteiger partial charge in [0.2, 0.25) is 0 Å². The van der Waals surface area contributed by atoms with E-state index in [1.165, 1.54) is 5.56 Å². The first-order chi connectivity index (χ1) is 8.93. The normalized spacial score (nSPS) is 10.4. The second kappa shape index (κ2) is 4.88. The molecule has 1 aromatic heterocycles. The molecule has 88 valence electrons. The van der Waals surface area contributed by atoms with Gasteiger partial charge in [-0.3, -0.25) is 0 Å². The van der Waals surface area contributed by atoms with Gasteiger partial charge in [0.15, 0.2) is 5.76 Å². The number of aromatic nitrogens is 1. The number of rotatable bonds is 3. The molecule has 3 rings (SSSR count). The number of nitrogens with zero attached hydrogens (tertiary/aromatic N) is 1. The average molecular weight is 235 g/mol. The Hall–Kier alpha value is -2.35. The minimum atomic E-state index is 0.842. The van der Waals surface area contributed by atoms with Crippen molar-refractivity contribution in [2.24, 2.45) is 0 Å². The zero-order valence-corrected chi connectivity index (χ0v) is 9.91. The highest BCUT2D eigenvalue weighted by Crippen LogP contribution is 2.25. The molecule has 2 nitrogen and oxygen atoms in total. The molecule has 1 heterocycles. The quantitative estimate of drug-likeness (QED) is 0.687. The summed E-state index contributed by atoms with van der Waals surface area (Å²) in [6.07, 6.45) is 2.64. The van der Waals surface area contributed by atoms with Crippen molar-refractivity contribution in [1.82, 2.24) is 5.16 Å². The van der Waals surface area contributed by atoms with Crippen LogP contribution in [0.2, 0.25) is 0 Å². The van der Waals surface area contributed by atoms with E-state index in [-0.39, 0.29) is 0 Å². The smallest absolute Gasteiger partial charge is 0.170 e. The third kappa shape index (κ3) is 2.18. The summed E-state index contributed by atoms with van der Waals surface area (Å²) in [6.45, 7) is 0. The summed E-state index contributed by atoms with van der Waals surface area (Å²) in [4.78, 5) is 0. The first-order valence-electron chi connectivity index (χ1n) is 5.96.